The van der Waals surface area contributed by atoms with Crippen LogP contribution in [-0.4, -0.2) is 13.1 Å². The Morgan fingerprint density at radius 1 is 1.64 bits per heavy atom. The number of methoxy groups -OCH3 is 1. The standard InChI is InChI=1S/C7H6N2O2/c1-11-6(10)5-2-7(5,3-8)4-9/h5H,2H2,1H3/t5-/m0/s1. The second kappa shape index (κ2) is 2.25. The van der Waals surface area contributed by atoms with Crippen molar-refractivity contribution in [2.45, 2.75) is 6.42 Å². The van der Waals surface area contributed by atoms with Crippen molar-refractivity contribution in [1.29, 1.82) is 10.5 Å². The predicted octanol–water partition coefficient (Wildman–Crippen LogP) is 0.213. The average Bonchev–Trinajstić information content (AvgIpc) is 2.78. The molecule has 0 heterocycles. The van der Waals surface area contributed by atoms with E-state index in [0.717, 1.165) is 0 Å². The van der Waals surface area contributed by atoms with Crippen molar-refractivity contribution >= 4 is 5.97 Å². The van der Waals surface area contributed by atoms with Crippen molar-refractivity contribution < 1.29 is 9.53 Å². The van der Waals surface area contributed by atoms with E-state index in [1.807, 2.05) is 0 Å². The molecule has 1 saturated carbocycles. The summed E-state index contributed by atoms with van der Waals surface area (Å²) in [6.07, 6.45) is 0.312. The van der Waals surface area contributed by atoms with Gasteiger partial charge in [0.05, 0.1) is 25.2 Å². The van der Waals surface area contributed by atoms with Gasteiger partial charge in [-0.05, 0) is 6.42 Å². The lowest BCUT2D eigenvalue weighted by Crippen LogP contribution is -2.09. The molecule has 0 aliphatic heterocycles. The molecule has 4 nitrogen and oxygen atoms in total. The van der Waals surface area contributed by atoms with Gasteiger partial charge in [-0.2, -0.15) is 10.5 Å². The first-order chi connectivity index (χ1) is 5.20. The first-order valence-corrected chi connectivity index (χ1v) is 3.10. The molecule has 0 radical (unpaired) electrons. The highest BCUT2D eigenvalue weighted by Gasteiger charge is 2.61. The lowest BCUT2D eigenvalue weighted by molar-refractivity contribution is -0.142. The Morgan fingerprint density at radius 3 is 2.45 bits per heavy atom. The van der Waals surface area contributed by atoms with Gasteiger partial charge in [0.25, 0.3) is 0 Å². The van der Waals surface area contributed by atoms with Crippen LogP contribution in [0.25, 0.3) is 0 Å². The van der Waals surface area contributed by atoms with Gasteiger partial charge in [0.15, 0.2) is 5.41 Å². The highest BCUT2D eigenvalue weighted by Crippen LogP contribution is 2.51. The molecule has 0 aromatic heterocycles. The van der Waals surface area contributed by atoms with Gasteiger partial charge >= 0.3 is 5.97 Å². The Bertz CT molecular complexity index is 257. The van der Waals surface area contributed by atoms with Crippen LogP contribution in [0.2, 0.25) is 0 Å². The minimum absolute atomic E-state index is 0.312. The van der Waals surface area contributed by atoms with E-state index in [9.17, 15) is 4.79 Å². The van der Waals surface area contributed by atoms with Crippen molar-refractivity contribution in [2.24, 2.45) is 11.3 Å². The molecule has 0 unspecified atom stereocenters. The molecule has 0 aromatic rings. The summed E-state index contributed by atoms with van der Waals surface area (Å²) in [5, 5.41) is 17.0. The maximum atomic E-state index is 10.8. The molecule has 1 atom stereocenters. The minimum Gasteiger partial charge on any atom is -0.469 e. The number of carbonyl (C=O) groups excluding carboxylic acids is 1. The molecular formula is C7H6N2O2. The molecule has 1 aliphatic rings. The van der Waals surface area contributed by atoms with Crippen LogP contribution in [0.4, 0.5) is 0 Å². The molecule has 1 fully saturated rings. The van der Waals surface area contributed by atoms with Gasteiger partial charge in [0.2, 0.25) is 0 Å². The third-order valence-electron chi connectivity index (χ3n) is 1.85. The van der Waals surface area contributed by atoms with E-state index in [-0.39, 0.29) is 0 Å². The third kappa shape index (κ3) is 0.929. The highest BCUT2D eigenvalue weighted by molar-refractivity contribution is 5.79. The molecule has 0 bridgehead atoms. The van der Waals surface area contributed by atoms with E-state index < -0.39 is 17.3 Å². The van der Waals surface area contributed by atoms with Crippen LogP contribution in [0, 0.1) is 34.0 Å². The van der Waals surface area contributed by atoms with Gasteiger partial charge in [0.1, 0.15) is 0 Å². The Kier molecular flexibility index (Phi) is 1.54. The van der Waals surface area contributed by atoms with E-state index in [0.29, 0.717) is 6.42 Å². The predicted molar refractivity (Wildman–Crippen MR) is 33.8 cm³/mol. The summed E-state index contributed by atoms with van der Waals surface area (Å²) in [6, 6.07) is 3.61. The molecule has 4 heteroatoms. The number of ether oxygens (including phenoxy) is 1. The summed E-state index contributed by atoms with van der Waals surface area (Å²) < 4.78 is 4.39. The second-order valence-electron chi connectivity index (χ2n) is 2.47. The van der Waals surface area contributed by atoms with Crippen molar-refractivity contribution in [3.05, 3.63) is 0 Å². The SMILES string of the molecule is COC(=O)[C@@H]1CC1(C#N)C#N. The zero-order valence-corrected chi connectivity index (χ0v) is 6.00. The average molecular weight is 150 g/mol. The normalized spacial score (nSPS) is 24.5. The van der Waals surface area contributed by atoms with Crippen molar-refractivity contribution in [2.75, 3.05) is 7.11 Å². The number of nitrogens with zero attached hydrogens (tertiary/aromatic N) is 2. The molecular weight excluding hydrogens is 144 g/mol. The zero-order chi connectivity index (χ0) is 8.48. The van der Waals surface area contributed by atoms with Crippen LogP contribution in [0.3, 0.4) is 0 Å². The van der Waals surface area contributed by atoms with E-state index in [4.69, 9.17) is 10.5 Å². The minimum atomic E-state index is -1.09. The van der Waals surface area contributed by atoms with E-state index in [1.54, 1.807) is 12.1 Å². The quantitative estimate of drug-likeness (QED) is 0.501. The first kappa shape index (κ1) is 7.56. The van der Waals surface area contributed by atoms with Crippen LogP contribution in [0.5, 0.6) is 0 Å². The maximum absolute atomic E-state index is 10.8. The molecule has 1 rings (SSSR count). The number of hydrogen-bond donors (Lipinski definition) is 0. The molecule has 56 valence electrons. The summed E-state index contributed by atoms with van der Waals surface area (Å²) in [4.78, 5) is 10.8. The number of esters is 1. The fourth-order valence-corrected chi connectivity index (χ4v) is 0.962. The summed E-state index contributed by atoms with van der Waals surface area (Å²) in [5.74, 6) is -0.990. The van der Waals surface area contributed by atoms with Gasteiger partial charge in [-0.3, -0.25) is 4.79 Å². The zero-order valence-electron chi connectivity index (χ0n) is 6.00. The van der Waals surface area contributed by atoms with E-state index in [2.05, 4.69) is 4.74 Å². The Hall–Kier alpha value is -1.55. The van der Waals surface area contributed by atoms with Crippen molar-refractivity contribution in [3.63, 3.8) is 0 Å². The molecule has 1 aliphatic carbocycles. The fraction of sp³-hybridized carbons (Fsp3) is 0.571. The van der Waals surface area contributed by atoms with Gasteiger partial charge in [0, 0.05) is 0 Å². The second-order valence-corrected chi connectivity index (χ2v) is 2.47. The fourth-order valence-electron chi connectivity index (χ4n) is 0.962. The number of hydrogen-bond acceptors (Lipinski definition) is 4. The van der Waals surface area contributed by atoms with Crippen LogP contribution in [0.1, 0.15) is 6.42 Å². The third-order valence-corrected chi connectivity index (χ3v) is 1.85. The number of rotatable bonds is 1. The first-order valence-electron chi connectivity index (χ1n) is 3.10. The van der Waals surface area contributed by atoms with Crippen LogP contribution in [-0.2, 0) is 9.53 Å². The number of carbonyl (C=O) groups is 1. The lowest BCUT2D eigenvalue weighted by Gasteiger charge is -1.95. The Balaban J connectivity index is 2.69. The number of nitriles is 2. The van der Waals surface area contributed by atoms with Crippen LogP contribution < -0.4 is 0 Å². The lowest BCUT2D eigenvalue weighted by atomic mass is 10.1. The molecule has 0 saturated heterocycles. The summed E-state index contributed by atoms with van der Waals surface area (Å²) in [6.45, 7) is 0. The highest BCUT2D eigenvalue weighted by atomic mass is 16.5. The summed E-state index contributed by atoms with van der Waals surface area (Å²) >= 11 is 0. The van der Waals surface area contributed by atoms with Crippen molar-refractivity contribution in [3.8, 4) is 12.1 Å². The van der Waals surface area contributed by atoms with Gasteiger partial charge in [-0.1, -0.05) is 0 Å². The Morgan fingerprint density at radius 2 is 2.18 bits per heavy atom. The van der Waals surface area contributed by atoms with Gasteiger partial charge < -0.3 is 4.74 Å². The van der Waals surface area contributed by atoms with Crippen LogP contribution >= 0.6 is 0 Å². The maximum Gasteiger partial charge on any atom is 0.311 e. The smallest absolute Gasteiger partial charge is 0.311 e. The molecule has 0 aromatic carbocycles. The van der Waals surface area contributed by atoms with Crippen molar-refractivity contribution in [1.82, 2.24) is 0 Å². The van der Waals surface area contributed by atoms with Gasteiger partial charge in [-0.15, -0.1) is 0 Å². The van der Waals surface area contributed by atoms with E-state index >= 15 is 0 Å². The largest absolute Gasteiger partial charge is 0.469 e. The van der Waals surface area contributed by atoms with Gasteiger partial charge in [-0.25, -0.2) is 0 Å². The molecule has 11 heavy (non-hydrogen) atoms. The topological polar surface area (TPSA) is 73.9 Å². The molecule has 0 spiro atoms. The monoisotopic (exact) mass is 150 g/mol. The van der Waals surface area contributed by atoms with Crippen LogP contribution in [0.15, 0.2) is 0 Å². The van der Waals surface area contributed by atoms with E-state index in [1.165, 1.54) is 7.11 Å². The molecule has 0 amide bonds. The molecule has 0 N–H and O–H groups in total. The Labute approximate surface area is 64.0 Å². The summed E-state index contributed by atoms with van der Waals surface area (Å²) in [7, 11) is 1.25. The summed E-state index contributed by atoms with van der Waals surface area (Å²) in [5.41, 5.74) is -1.09.